The Morgan fingerprint density at radius 3 is 2.53 bits per heavy atom. The minimum absolute atomic E-state index is 0.104. The molecule has 1 aliphatic rings. The highest BCUT2D eigenvalue weighted by Crippen LogP contribution is 2.31. The van der Waals surface area contributed by atoms with E-state index in [0.717, 1.165) is 43.1 Å². The van der Waals surface area contributed by atoms with Crippen LogP contribution in [0.5, 0.6) is 0 Å². The lowest BCUT2D eigenvalue weighted by molar-refractivity contribution is 0.102. The maximum atomic E-state index is 13.6. The highest BCUT2D eigenvalue weighted by atomic mass is 19.1. The van der Waals surface area contributed by atoms with Gasteiger partial charge in [-0.3, -0.25) is 9.89 Å². The summed E-state index contributed by atoms with van der Waals surface area (Å²) in [6.07, 6.45) is 2.39. The zero-order valence-electron chi connectivity index (χ0n) is 21.2. The highest BCUT2D eigenvalue weighted by molar-refractivity contribution is 6.10. The van der Waals surface area contributed by atoms with E-state index in [9.17, 15) is 18.0 Å². The fourth-order valence-corrected chi connectivity index (χ4v) is 5.07. The Kier molecular flexibility index (Phi) is 7.64. The Labute approximate surface area is 219 Å². The number of benzene rings is 3. The number of carbonyl (C=O) groups is 1. The van der Waals surface area contributed by atoms with E-state index in [4.69, 9.17) is 0 Å². The topological polar surface area (TPSA) is 73.0 Å². The van der Waals surface area contributed by atoms with E-state index in [1.165, 1.54) is 12.1 Å². The number of carbonyl (C=O) groups excluding carboxylic acids is 1. The molecule has 4 aromatic rings. The quantitative estimate of drug-likeness (QED) is 0.271. The van der Waals surface area contributed by atoms with Crippen molar-refractivity contribution in [2.45, 2.75) is 25.2 Å². The molecule has 1 saturated heterocycles. The van der Waals surface area contributed by atoms with Crippen molar-refractivity contribution in [3.8, 4) is 0 Å². The summed E-state index contributed by atoms with van der Waals surface area (Å²) < 4.78 is 40.3. The summed E-state index contributed by atoms with van der Waals surface area (Å²) in [7, 11) is 2.11. The number of aromatic nitrogens is 2. The van der Waals surface area contributed by atoms with Gasteiger partial charge in [-0.2, -0.15) is 5.10 Å². The number of anilines is 2. The lowest BCUT2D eigenvalue weighted by Gasteiger charge is -2.29. The average molecular weight is 522 g/mol. The molecule has 0 unspecified atom stereocenters. The van der Waals surface area contributed by atoms with E-state index in [1.807, 2.05) is 30.3 Å². The van der Waals surface area contributed by atoms with Crippen molar-refractivity contribution in [1.82, 2.24) is 15.1 Å². The third-order valence-electron chi connectivity index (χ3n) is 7.08. The number of alkyl halides is 1. The van der Waals surface area contributed by atoms with Gasteiger partial charge < -0.3 is 15.5 Å². The molecule has 1 aromatic heterocycles. The standard InChI is InChI=1S/C29H30F3N5O/c1-37-10-6-20(7-11-37)21-3-4-24(27(16-21)33-9-8-30)29(38)34-28-25-15-18(2-5-26(25)35-36-28)12-19-13-22(31)17-23(32)14-19/h2-5,13-17,20,33H,6-12H2,1H3,(H2,34,35,36,38). The van der Waals surface area contributed by atoms with Crippen molar-refractivity contribution in [2.24, 2.45) is 0 Å². The molecule has 2 heterocycles. The number of amides is 1. The average Bonchev–Trinajstić information content (AvgIpc) is 3.29. The minimum atomic E-state index is -0.628. The molecule has 0 bridgehead atoms. The molecule has 0 spiro atoms. The van der Waals surface area contributed by atoms with Crippen molar-refractivity contribution in [3.63, 3.8) is 0 Å². The fourth-order valence-electron chi connectivity index (χ4n) is 5.07. The van der Waals surface area contributed by atoms with E-state index >= 15 is 0 Å². The molecule has 0 atom stereocenters. The normalized spacial score (nSPS) is 14.6. The van der Waals surface area contributed by atoms with Gasteiger partial charge in [0.15, 0.2) is 5.82 Å². The molecule has 38 heavy (non-hydrogen) atoms. The molecule has 198 valence electrons. The van der Waals surface area contributed by atoms with Crippen LogP contribution >= 0.6 is 0 Å². The molecule has 0 aliphatic carbocycles. The summed E-state index contributed by atoms with van der Waals surface area (Å²) in [6.45, 7) is 1.58. The Hall–Kier alpha value is -3.85. The Morgan fingerprint density at radius 2 is 1.79 bits per heavy atom. The van der Waals surface area contributed by atoms with Gasteiger partial charge in [0.25, 0.3) is 5.91 Å². The van der Waals surface area contributed by atoms with Crippen LogP contribution in [0.4, 0.5) is 24.7 Å². The molecule has 3 aromatic carbocycles. The van der Waals surface area contributed by atoms with Crippen LogP contribution < -0.4 is 10.6 Å². The fraction of sp³-hybridized carbons (Fsp3) is 0.310. The Morgan fingerprint density at radius 1 is 1.03 bits per heavy atom. The third-order valence-corrected chi connectivity index (χ3v) is 7.08. The van der Waals surface area contributed by atoms with Crippen LogP contribution in [0, 0.1) is 11.6 Å². The van der Waals surface area contributed by atoms with Crippen molar-refractivity contribution in [3.05, 3.63) is 88.5 Å². The third kappa shape index (κ3) is 5.83. The molecule has 0 saturated carbocycles. The van der Waals surface area contributed by atoms with Gasteiger partial charge >= 0.3 is 0 Å². The molecule has 1 amide bonds. The number of nitrogens with zero attached hydrogens (tertiary/aromatic N) is 2. The zero-order chi connectivity index (χ0) is 26.6. The lowest BCUT2D eigenvalue weighted by atomic mass is 9.88. The molecular weight excluding hydrogens is 491 g/mol. The van der Waals surface area contributed by atoms with Crippen LogP contribution in [0.25, 0.3) is 10.9 Å². The number of rotatable bonds is 8. The van der Waals surface area contributed by atoms with Gasteiger partial charge in [0.05, 0.1) is 11.1 Å². The van der Waals surface area contributed by atoms with Gasteiger partial charge in [0, 0.05) is 23.7 Å². The van der Waals surface area contributed by atoms with Crippen LogP contribution in [-0.2, 0) is 6.42 Å². The largest absolute Gasteiger partial charge is 0.382 e. The number of halogens is 3. The van der Waals surface area contributed by atoms with Gasteiger partial charge in [-0.25, -0.2) is 13.2 Å². The first kappa shape index (κ1) is 25.8. The second-order valence-corrected chi connectivity index (χ2v) is 9.86. The number of piperidine rings is 1. The summed E-state index contributed by atoms with van der Waals surface area (Å²) >= 11 is 0. The summed E-state index contributed by atoms with van der Waals surface area (Å²) in [5.74, 6) is -0.886. The van der Waals surface area contributed by atoms with E-state index < -0.39 is 18.3 Å². The number of fused-ring (bicyclic) bond motifs is 1. The van der Waals surface area contributed by atoms with E-state index in [2.05, 4.69) is 32.8 Å². The van der Waals surface area contributed by atoms with E-state index in [1.54, 1.807) is 6.07 Å². The maximum absolute atomic E-state index is 13.6. The molecular formula is C29H30F3N5O. The summed E-state index contributed by atoms with van der Waals surface area (Å²) in [6, 6.07) is 14.6. The molecule has 6 nitrogen and oxygen atoms in total. The first-order valence-electron chi connectivity index (χ1n) is 12.8. The smallest absolute Gasteiger partial charge is 0.258 e. The number of hydrogen-bond donors (Lipinski definition) is 3. The van der Waals surface area contributed by atoms with Gasteiger partial charge in [0.1, 0.15) is 18.3 Å². The van der Waals surface area contributed by atoms with Crippen LogP contribution in [-0.4, -0.2) is 54.4 Å². The first-order valence-corrected chi connectivity index (χ1v) is 12.8. The molecule has 1 aliphatic heterocycles. The highest BCUT2D eigenvalue weighted by Gasteiger charge is 2.21. The molecule has 5 rings (SSSR count). The van der Waals surface area contributed by atoms with Crippen molar-refractivity contribution in [1.29, 1.82) is 0 Å². The van der Waals surface area contributed by atoms with Crippen LogP contribution in [0.3, 0.4) is 0 Å². The second kappa shape index (κ2) is 11.3. The molecule has 1 fully saturated rings. The number of hydrogen-bond acceptors (Lipinski definition) is 4. The second-order valence-electron chi connectivity index (χ2n) is 9.86. The first-order chi connectivity index (χ1) is 18.4. The monoisotopic (exact) mass is 521 g/mol. The Balaban J connectivity index is 1.38. The van der Waals surface area contributed by atoms with Crippen LogP contribution in [0.15, 0.2) is 54.6 Å². The van der Waals surface area contributed by atoms with Crippen molar-refractivity contribution >= 4 is 28.3 Å². The van der Waals surface area contributed by atoms with E-state index in [-0.39, 0.29) is 12.5 Å². The van der Waals surface area contributed by atoms with Gasteiger partial charge in [-0.15, -0.1) is 0 Å². The predicted molar refractivity (Wildman–Crippen MR) is 144 cm³/mol. The van der Waals surface area contributed by atoms with Gasteiger partial charge in [-0.05, 0) is 98.4 Å². The maximum Gasteiger partial charge on any atom is 0.258 e. The number of H-pyrrole nitrogens is 1. The minimum Gasteiger partial charge on any atom is -0.382 e. The summed E-state index contributed by atoms with van der Waals surface area (Å²) in [5, 5.41) is 13.8. The number of aromatic amines is 1. The number of likely N-dealkylation sites (tertiary alicyclic amines) is 1. The molecule has 0 radical (unpaired) electrons. The van der Waals surface area contributed by atoms with Crippen molar-refractivity contribution in [2.75, 3.05) is 44.0 Å². The summed E-state index contributed by atoms with van der Waals surface area (Å²) in [5.41, 5.74) is 4.15. The van der Waals surface area contributed by atoms with E-state index in [0.29, 0.717) is 45.9 Å². The molecule has 3 N–H and O–H groups in total. The summed E-state index contributed by atoms with van der Waals surface area (Å²) in [4.78, 5) is 15.6. The molecule has 9 heteroatoms. The Bertz CT molecular complexity index is 1430. The zero-order valence-corrected chi connectivity index (χ0v) is 21.2. The van der Waals surface area contributed by atoms with Crippen LogP contribution in [0.1, 0.15) is 45.8 Å². The van der Waals surface area contributed by atoms with Gasteiger partial charge in [0.2, 0.25) is 0 Å². The number of nitrogens with one attached hydrogen (secondary N) is 3. The van der Waals surface area contributed by atoms with Crippen LogP contribution in [0.2, 0.25) is 0 Å². The van der Waals surface area contributed by atoms with Crippen molar-refractivity contribution < 1.29 is 18.0 Å². The predicted octanol–water partition coefficient (Wildman–Crippen LogP) is 5.87. The lowest BCUT2D eigenvalue weighted by Crippen LogP contribution is -2.29. The van der Waals surface area contributed by atoms with Gasteiger partial charge in [-0.1, -0.05) is 12.1 Å². The SMILES string of the molecule is CN1CCC(c2ccc(C(=O)Nc3n[nH]c4ccc(Cc5cc(F)cc(F)c5)cc34)c(NCCF)c2)CC1.